The molecule has 2 heterocycles. The number of rotatable bonds is 4. The Balaban J connectivity index is 0.975. The van der Waals surface area contributed by atoms with Crippen molar-refractivity contribution in [3.63, 3.8) is 0 Å². The van der Waals surface area contributed by atoms with Crippen molar-refractivity contribution in [1.82, 2.24) is 0 Å². The molecule has 0 N–H and O–H groups in total. The first-order valence-corrected chi connectivity index (χ1v) is 21.8. The van der Waals surface area contributed by atoms with Crippen LogP contribution in [0, 0.1) is 0 Å². The predicted molar refractivity (Wildman–Crippen MR) is 249 cm³/mol. The van der Waals surface area contributed by atoms with Gasteiger partial charge in [0.25, 0.3) is 0 Å². The third kappa shape index (κ3) is 4.74. The molecule has 13 rings (SSSR count). The van der Waals surface area contributed by atoms with E-state index in [1.54, 1.807) is 0 Å². The quantitative estimate of drug-likeness (QED) is 0.167. The maximum absolute atomic E-state index is 2.51. The molecule has 58 heavy (non-hydrogen) atoms. The molecule has 11 aromatic rings. The highest BCUT2D eigenvalue weighted by molar-refractivity contribution is 7.26. The van der Waals surface area contributed by atoms with E-state index in [0.29, 0.717) is 0 Å². The van der Waals surface area contributed by atoms with Gasteiger partial charge in [-0.3, -0.25) is 0 Å². The van der Waals surface area contributed by atoms with E-state index < -0.39 is 0 Å². The Morgan fingerprint density at radius 1 is 0.276 bits per heavy atom. The number of fused-ring (bicyclic) bond motifs is 12. The van der Waals surface area contributed by atoms with Crippen molar-refractivity contribution >= 4 is 63.0 Å². The molecular weight excluding hydrogens is 737 g/mol. The van der Waals surface area contributed by atoms with Crippen LogP contribution < -0.4 is 0 Å². The zero-order chi connectivity index (χ0) is 37.9. The summed E-state index contributed by atoms with van der Waals surface area (Å²) in [6.07, 6.45) is 0. The Bertz CT molecular complexity index is 3470. The Morgan fingerprint density at radius 2 is 0.793 bits per heavy atom. The molecular formula is C56H34S2. The van der Waals surface area contributed by atoms with E-state index in [4.69, 9.17) is 0 Å². The molecule has 2 atom stereocenters. The van der Waals surface area contributed by atoms with Gasteiger partial charge in [-0.05, 0) is 126 Å². The van der Waals surface area contributed by atoms with Gasteiger partial charge in [-0.25, -0.2) is 0 Å². The van der Waals surface area contributed by atoms with Gasteiger partial charge in [0.15, 0.2) is 0 Å². The summed E-state index contributed by atoms with van der Waals surface area (Å²) in [6, 6.07) is 73.3. The van der Waals surface area contributed by atoms with Crippen LogP contribution in [0.2, 0.25) is 0 Å². The highest BCUT2D eigenvalue weighted by Gasteiger charge is 2.33. The molecule has 2 heteroatoms. The van der Waals surface area contributed by atoms with E-state index in [1.165, 1.54) is 118 Å². The van der Waals surface area contributed by atoms with Gasteiger partial charge in [0.2, 0.25) is 0 Å². The first kappa shape index (κ1) is 32.5. The SMILES string of the molecule is c1ccc(C2c3ccccc3-c3cc(-c4ccc5c(c4)-c4ccccc4C5c4cc(-c5ccc6sc7ccccc7c6c5)c5sc6ccccc6c5c4)ccc32)cc1. The van der Waals surface area contributed by atoms with Gasteiger partial charge in [0, 0.05) is 52.2 Å². The Hall–Kier alpha value is -6.58. The summed E-state index contributed by atoms with van der Waals surface area (Å²) < 4.78 is 5.38. The van der Waals surface area contributed by atoms with E-state index in [1.807, 2.05) is 22.7 Å². The molecule has 0 amide bonds. The molecule has 0 radical (unpaired) electrons. The Kier molecular flexibility index (Phi) is 6.98. The standard InChI is InChI=1S/C56H34S2/c1-2-12-33(13-3-1)54-42-18-6-4-14-38(42)47-28-34(22-25-44(47)54)35-23-26-45-48(29-35)39-15-5-7-19-43(39)55(45)37-31-46(56-50(32-37)41-17-9-11-21-52(41)58-56)36-24-27-53-49(30-36)40-16-8-10-20-51(40)57-53/h1-32,54-55H. The van der Waals surface area contributed by atoms with Gasteiger partial charge in [-0.15, -0.1) is 22.7 Å². The summed E-state index contributed by atoms with van der Waals surface area (Å²) in [5, 5.41) is 5.36. The second-order valence-electron chi connectivity index (χ2n) is 15.9. The van der Waals surface area contributed by atoms with Crippen LogP contribution in [0.3, 0.4) is 0 Å². The lowest BCUT2D eigenvalue weighted by atomic mass is 9.86. The summed E-state index contributed by atoms with van der Waals surface area (Å²) in [6.45, 7) is 0. The third-order valence-corrected chi connectivity index (χ3v) is 15.2. The first-order chi connectivity index (χ1) is 28.7. The van der Waals surface area contributed by atoms with E-state index in [-0.39, 0.29) is 11.8 Å². The summed E-state index contributed by atoms with van der Waals surface area (Å²) in [4.78, 5) is 0. The van der Waals surface area contributed by atoms with Crippen molar-refractivity contribution in [2.24, 2.45) is 0 Å². The third-order valence-electron chi connectivity index (χ3n) is 12.8. The monoisotopic (exact) mass is 770 g/mol. The van der Waals surface area contributed by atoms with Gasteiger partial charge in [0.1, 0.15) is 0 Å². The van der Waals surface area contributed by atoms with Crippen LogP contribution in [0.1, 0.15) is 45.2 Å². The Morgan fingerprint density at radius 3 is 1.48 bits per heavy atom. The minimum atomic E-state index is 0.131. The second kappa shape index (κ2) is 12.5. The molecule has 270 valence electrons. The van der Waals surface area contributed by atoms with Crippen molar-refractivity contribution in [3.8, 4) is 44.5 Å². The lowest BCUT2D eigenvalue weighted by molar-refractivity contribution is 1.01. The molecule has 2 aliphatic carbocycles. The first-order valence-electron chi connectivity index (χ1n) is 20.1. The zero-order valence-corrected chi connectivity index (χ0v) is 33.1. The molecule has 0 saturated carbocycles. The topological polar surface area (TPSA) is 0 Å². The summed E-state index contributed by atoms with van der Waals surface area (Å²) >= 11 is 3.81. The number of thiophene rings is 2. The molecule has 2 aromatic heterocycles. The Labute approximate surface area is 344 Å². The lowest BCUT2D eigenvalue weighted by Crippen LogP contribution is -2.00. The van der Waals surface area contributed by atoms with Crippen molar-refractivity contribution in [1.29, 1.82) is 0 Å². The highest BCUT2D eigenvalue weighted by atomic mass is 32.1. The number of benzene rings is 9. The molecule has 2 aliphatic rings. The van der Waals surface area contributed by atoms with Crippen LogP contribution in [-0.4, -0.2) is 0 Å². The van der Waals surface area contributed by atoms with Crippen molar-refractivity contribution in [3.05, 3.63) is 228 Å². The smallest absolute Gasteiger partial charge is 0.0434 e. The molecule has 0 aliphatic heterocycles. The van der Waals surface area contributed by atoms with Crippen molar-refractivity contribution in [2.75, 3.05) is 0 Å². The molecule has 9 aromatic carbocycles. The fourth-order valence-electron chi connectivity index (χ4n) is 10.3. The number of hydrogen-bond donors (Lipinski definition) is 0. The van der Waals surface area contributed by atoms with E-state index in [2.05, 4.69) is 194 Å². The summed E-state index contributed by atoms with van der Waals surface area (Å²) in [5.41, 5.74) is 18.7. The molecule has 0 fully saturated rings. The maximum atomic E-state index is 2.51. The second-order valence-corrected chi connectivity index (χ2v) is 18.0. The predicted octanol–water partition coefficient (Wildman–Crippen LogP) is 16.1. The normalized spacial score (nSPS) is 15.2. The highest BCUT2D eigenvalue weighted by Crippen LogP contribution is 2.53. The molecule has 0 bridgehead atoms. The lowest BCUT2D eigenvalue weighted by Gasteiger charge is -2.18. The maximum Gasteiger partial charge on any atom is 0.0434 e. The molecule has 2 unspecified atom stereocenters. The molecule has 0 saturated heterocycles. The zero-order valence-electron chi connectivity index (χ0n) is 31.4. The molecule has 0 spiro atoms. The minimum Gasteiger partial charge on any atom is -0.135 e. The van der Waals surface area contributed by atoms with Gasteiger partial charge in [0.05, 0.1) is 0 Å². The van der Waals surface area contributed by atoms with Gasteiger partial charge < -0.3 is 0 Å². The van der Waals surface area contributed by atoms with Crippen molar-refractivity contribution < 1.29 is 0 Å². The van der Waals surface area contributed by atoms with Crippen LogP contribution in [-0.2, 0) is 0 Å². The average molecular weight is 771 g/mol. The van der Waals surface area contributed by atoms with Gasteiger partial charge in [-0.2, -0.15) is 0 Å². The van der Waals surface area contributed by atoms with Crippen LogP contribution in [0.15, 0.2) is 194 Å². The van der Waals surface area contributed by atoms with Crippen LogP contribution in [0.4, 0.5) is 0 Å². The number of hydrogen-bond acceptors (Lipinski definition) is 2. The fraction of sp³-hybridized carbons (Fsp3) is 0.0357. The van der Waals surface area contributed by atoms with Crippen molar-refractivity contribution in [2.45, 2.75) is 11.8 Å². The van der Waals surface area contributed by atoms with Crippen LogP contribution in [0.25, 0.3) is 84.9 Å². The van der Waals surface area contributed by atoms with E-state index in [9.17, 15) is 0 Å². The fourth-order valence-corrected chi connectivity index (χ4v) is 12.6. The van der Waals surface area contributed by atoms with E-state index >= 15 is 0 Å². The molecule has 0 nitrogen and oxygen atoms in total. The minimum absolute atomic E-state index is 0.131. The van der Waals surface area contributed by atoms with Crippen LogP contribution >= 0.6 is 22.7 Å². The average Bonchev–Trinajstić information content (AvgIpc) is 4.03. The van der Waals surface area contributed by atoms with Crippen LogP contribution in [0.5, 0.6) is 0 Å². The van der Waals surface area contributed by atoms with Gasteiger partial charge >= 0.3 is 0 Å². The largest absolute Gasteiger partial charge is 0.135 e. The van der Waals surface area contributed by atoms with E-state index in [0.717, 1.165) is 0 Å². The summed E-state index contributed by atoms with van der Waals surface area (Å²) in [5.74, 6) is 0.384. The summed E-state index contributed by atoms with van der Waals surface area (Å²) in [7, 11) is 0. The van der Waals surface area contributed by atoms with Gasteiger partial charge in [-0.1, -0.05) is 146 Å².